The quantitative estimate of drug-likeness (QED) is 0.597. The molecule has 0 heterocycles. The number of benzene rings is 1. The van der Waals surface area contributed by atoms with Crippen LogP contribution in [0.2, 0.25) is 0 Å². The lowest BCUT2D eigenvalue weighted by atomic mass is 10.2. The Labute approximate surface area is 94.8 Å². The Morgan fingerprint density at radius 2 is 2.00 bits per heavy atom. The maximum atomic E-state index is 12.8. The molecule has 0 amide bonds. The van der Waals surface area contributed by atoms with Crippen LogP contribution in [0, 0.1) is 12.7 Å². The van der Waals surface area contributed by atoms with E-state index in [4.69, 9.17) is 4.74 Å². The molecular weight excluding hydrogens is 244 g/mol. The average molecular weight is 254 g/mol. The summed E-state index contributed by atoms with van der Waals surface area (Å²) < 4.78 is 53.1. The molecule has 0 aliphatic heterocycles. The van der Waals surface area contributed by atoms with Crippen molar-refractivity contribution < 1.29 is 22.3 Å². The minimum absolute atomic E-state index is 0.103. The Hall–Kier alpha value is -0.910. The molecule has 0 aliphatic carbocycles. The van der Waals surface area contributed by atoms with Gasteiger partial charge in [-0.25, -0.2) is 4.39 Å². The van der Waals surface area contributed by atoms with E-state index in [1.54, 1.807) is 6.92 Å². The highest BCUT2D eigenvalue weighted by Crippen LogP contribution is 2.30. The minimum atomic E-state index is -4.25. The largest absolute Gasteiger partial charge is 0.492 e. The molecule has 0 radical (unpaired) electrons. The maximum absolute atomic E-state index is 12.8. The molecule has 0 saturated heterocycles. The smallest absolute Gasteiger partial charge is 0.441 e. The van der Waals surface area contributed by atoms with Crippen molar-refractivity contribution in [1.29, 1.82) is 0 Å². The van der Waals surface area contributed by atoms with Gasteiger partial charge in [-0.3, -0.25) is 0 Å². The van der Waals surface area contributed by atoms with E-state index in [0.717, 1.165) is 6.07 Å². The molecule has 0 fully saturated rings. The second-order valence-electron chi connectivity index (χ2n) is 3.05. The van der Waals surface area contributed by atoms with Gasteiger partial charge in [0, 0.05) is 11.8 Å². The first-order valence-corrected chi connectivity index (χ1v) is 5.47. The average Bonchev–Trinajstić information content (AvgIpc) is 2.16. The van der Waals surface area contributed by atoms with Crippen molar-refractivity contribution >= 4 is 11.8 Å². The molecule has 0 N–H and O–H groups in total. The van der Waals surface area contributed by atoms with Gasteiger partial charge in [0.2, 0.25) is 0 Å². The van der Waals surface area contributed by atoms with Crippen molar-refractivity contribution in [2.45, 2.75) is 12.4 Å². The summed E-state index contributed by atoms with van der Waals surface area (Å²) in [5.41, 5.74) is -3.56. The van der Waals surface area contributed by atoms with Gasteiger partial charge in [-0.05, 0) is 30.3 Å². The summed E-state index contributed by atoms with van der Waals surface area (Å²) in [6, 6.07) is 3.95. The van der Waals surface area contributed by atoms with Crippen LogP contribution in [-0.4, -0.2) is 17.9 Å². The first kappa shape index (κ1) is 13.2. The molecule has 0 aliphatic rings. The monoisotopic (exact) mass is 254 g/mol. The van der Waals surface area contributed by atoms with Gasteiger partial charge in [0.1, 0.15) is 11.6 Å². The number of ether oxygens (including phenoxy) is 1. The number of alkyl halides is 3. The zero-order valence-corrected chi connectivity index (χ0v) is 9.29. The van der Waals surface area contributed by atoms with Gasteiger partial charge >= 0.3 is 5.51 Å². The van der Waals surface area contributed by atoms with Crippen LogP contribution in [0.4, 0.5) is 17.6 Å². The number of halogens is 4. The van der Waals surface area contributed by atoms with Crippen molar-refractivity contribution in [3.8, 4) is 5.75 Å². The third-order valence-corrected chi connectivity index (χ3v) is 2.45. The van der Waals surface area contributed by atoms with Crippen molar-refractivity contribution in [2.75, 3.05) is 12.4 Å². The van der Waals surface area contributed by atoms with E-state index in [1.807, 2.05) is 0 Å². The van der Waals surface area contributed by atoms with Gasteiger partial charge < -0.3 is 4.74 Å². The minimum Gasteiger partial charge on any atom is -0.492 e. The summed E-state index contributed by atoms with van der Waals surface area (Å²) in [5.74, 6) is -0.397. The highest BCUT2D eigenvalue weighted by molar-refractivity contribution is 8.00. The number of hydrogen-bond donors (Lipinski definition) is 0. The van der Waals surface area contributed by atoms with Gasteiger partial charge in [0.25, 0.3) is 0 Å². The summed E-state index contributed by atoms with van der Waals surface area (Å²) in [4.78, 5) is 0. The molecule has 0 saturated carbocycles. The summed E-state index contributed by atoms with van der Waals surface area (Å²) in [6.07, 6.45) is 0. The van der Waals surface area contributed by atoms with E-state index in [2.05, 4.69) is 0 Å². The molecule has 90 valence electrons. The van der Waals surface area contributed by atoms with Crippen LogP contribution in [0.15, 0.2) is 18.2 Å². The van der Waals surface area contributed by atoms with Gasteiger partial charge in [-0.2, -0.15) is 13.2 Å². The molecule has 0 spiro atoms. The molecule has 0 atom stereocenters. The SMILES string of the molecule is Cc1ccc(F)cc1OCCSC(F)(F)F. The molecule has 6 heteroatoms. The molecular formula is C10H10F4OS. The molecule has 1 aromatic rings. The van der Waals surface area contributed by atoms with E-state index < -0.39 is 11.3 Å². The van der Waals surface area contributed by atoms with Crippen molar-refractivity contribution in [3.05, 3.63) is 29.6 Å². The van der Waals surface area contributed by atoms with Crippen molar-refractivity contribution in [2.24, 2.45) is 0 Å². The van der Waals surface area contributed by atoms with E-state index in [9.17, 15) is 17.6 Å². The van der Waals surface area contributed by atoms with E-state index in [1.165, 1.54) is 12.1 Å². The summed E-state index contributed by atoms with van der Waals surface area (Å²) in [5, 5.41) is 0. The van der Waals surface area contributed by atoms with Crippen LogP contribution in [-0.2, 0) is 0 Å². The lowest BCUT2D eigenvalue weighted by Gasteiger charge is -2.09. The van der Waals surface area contributed by atoms with Crippen LogP contribution in [0.1, 0.15) is 5.56 Å². The number of rotatable bonds is 4. The Bertz CT molecular complexity index is 351. The molecule has 0 unspecified atom stereocenters. The highest BCUT2D eigenvalue weighted by atomic mass is 32.2. The fourth-order valence-corrected chi connectivity index (χ4v) is 1.44. The van der Waals surface area contributed by atoms with Crippen molar-refractivity contribution in [3.63, 3.8) is 0 Å². The topological polar surface area (TPSA) is 9.23 Å². The lowest BCUT2D eigenvalue weighted by Crippen LogP contribution is -2.08. The third-order valence-electron chi connectivity index (χ3n) is 1.76. The molecule has 1 nitrogen and oxygen atoms in total. The predicted molar refractivity (Wildman–Crippen MR) is 55.1 cm³/mol. The maximum Gasteiger partial charge on any atom is 0.441 e. The third kappa shape index (κ3) is 4.74. The normalized spacial score (nSPS) is 11.6. The van der Waals surface area contributed by atoms with Gasteiger partial charge in [-0.1, -0.05) is 6.07 Å². The van der Waals surface area contributed by atoms with Gasteiger partial charge in [-0.15, -0.1) is 0 Å². The molecule has 1 aromatic carbocycles. The van der Waals surface area contributed by atoms with Crippen LogP contribution in [0.25, 0.3) is 0 Å². The van der Waals surface area contributed by atoms with E-state index in [0.29, 0.717) is 5.56 Å². The molecule has 1 rings (SSSR count). The van der Waals surface area contributed by atoms with Crippen LogP contribution >= 0.6 is 11.8 Å². The van der Waals surface area contributed by atoms with Gasteiger partial charge in [0.15, 0.2) is 0 Å². The highest BCUT2D eigenvalue weighted by Gasteiger charge is 2.27. The molecule has 0 aromatic heterocycles. The lowest BCUT2D eigenvalue weighted by molar-refractivity contribution is -0.0329. The van der Waals surface area contributed by atoms with E-state index in [-0.39, 0.29) is 29.9 Å². The fraction of sp³-hybridized carbons (Fsp3) is 0.400. The van der Waals surface area contributed by atoms with E-state index >= 15 is 0 Å². The Kier molecular flexibility index (Phi) is 4.46. The molecule has 0 bridgehead atoms. The zero-order chi connectivity index (χ0) is 12.2. The second-order valence-corrected chi connectivity index (χ2v) is 4.21. The Morgan fingerprint density at radius 3 is 2.62 bits per heavy atom. The standard InChI is InChI=1S/C10H10F4OS/c1-7-2-3-8(11)6-9(7)15-4-5-16-10(12,13)14/h2-3,6H,4-5H2,1H3. The summed E-state index contributed by atoms with van der Waals surface area (Å²) >= 11 is -0.156. The van der Waals surface area contributed by atoms with Gasteiger partial charge in [0.05, 0.1) is 6.61 Å². The first-order valence-electron chi connectivity index (χ1n) is 4.48. The predicted octanol–water partition coefficient (Wildman–Crippen LogP) is 3.77. The van der Waals surface area contributed by atoms with Crippen LogP contribution < -0.4 is 4.74 Å². The first-order chi connectivity index (χ1) is 7.38. The summed E-state index contributed by atoms with van der Waals surface area (Å²) in [7, 11) is 0. The Balaban J connectivity index is 2.40. The Morgan fingerprint density at radius 1 is 1.31 bits per heavy atom. The fourth-order valence-electron chi connectivity index (χ4n) is 1.04. The number of hydrogen-bond acceptors (Lipinski definition) is 2. The number of aryl methyl sites for hydroxylation is 1. The van der Waals surface area contributed by atoms with Crippen molar-refractivity contribution in [1.82, 2.24) is 0 Å². The second kappa shape index (κ2) is 5.43. The summed E-state index contributed by atoms with van der Waals surface area (Å²) in [6.45, 7) is 1.60. The van der Waals surface area contributed by atoms with Crippen LogP contribution in [0.3, 0.4) is 0 Å². The number of thioether (sulfide) groups is 1. The zero-order valence-electron chi connectivity index (χ0n) is 8.47. The van der Waals surface area contributed by atoms with Crippen LogP contribution in [0.5, 0.6) is 5.75 Å². The molecule has 16 heavy (non-hydrogen) atoms.